The van der Waals surface area contributed by atoms with Crippen LogP contribution in [0.5, 0.6) is 0 Å². The van der Waals surface area contributed by atoms with E-state index in [1.165, 1.54) is 7.11 Å². The fourth-order valence-corrected chi connectivity index (χ4v) is 2.16. The van der Waals surface area contributed by atoms with E-state index in [0.717, 1.165) is 16.8 Å². The standard InChI is InChI=1S/C19H14N2O2/c1-13-16(10-8-14-6-4-3-5-7-14)21-18-12-15(19(22)23-2)9-11-17(18)20-13/h3-7,9,11-12H,1-2H3. The van der Waals surface area contributed by atoms with E-state index in [2.05, 4.69) is 21.8 Å². The number of ether oxygens (including phenoxy) is 1. The summed E-state index contributed by atoms with van der Waals surface area (Å²) in [4.78, 5) is 20.6. The third-order valence-corrected chi connectivity index (χ3v) is 3.36. The van der Waals surface area contributed by atoms with Crippen LogP contribution in [-0.4, -0.2) is 23.0 Å². The van der Waals surface area contributed by atoms with Crippen LogP contribution in [0.15, 0.2) is 48.5 Å². The van der Waals surface area contributed by atoms with Crippen molar-refractivity contribution in [2.75, 3.05) is 7.11 Å². The quantitative estimate of drug-likeness (QED) is 0.512. The number of esters is 1. The Morgan fingerprint density at radius 1 is 1.00 bits per heavy atom. The van der Waals surface area contributed by atoms with E-state index < -0.39 is 5.97 Å². The second-order valence-electron chi connectivity index (χ2n) is 4.97. The van der Waals surface area contributed by atoms with Crippen molar-refractivity contribution in [3.63, 3.8) is 0 Å². The molecule has 0 unspecified atom stereocenters. The molecule has 0 bridgehead atoms. The molecular formula is C19H14N2O2. The van der Waals surface area contributed by atoms with Crippen LogP contribution in [-0.2, 0) is 4.74 Å². The van der Waals surface area contributed by atoms with Crippen LogP contribution in [0.1, 0.15) is 27.3 Å². The number of rotatable bonds is 1. The van der Waals surface area contributed by atoms with Gasteiger partial charge < -0.3 is 4.74 Å². The molecule has 0 aliphatic rings. The van der Waals surface area contributed by atoms with E-state index in [1.807, 2.05) is 37.3 Å². The van der Waals surface area contributed by atoms with E-state index in [-0.39, 0.29) is 0 Å². The van der Waals surface area contributed by atoms with E-state index >= 15 is 0 Å². The van der Waals surface area contributed by atoms with Gasteiger partial charge in [0, 0.05) is 5.56 Å². The number of carbonyl (C=O) groups is 1. The van der Waals surface area contributed by atoms with E-state index in [9.17, 15) is 4.79 Å². The summed E-state index contributed by atoms with van der Waals surface area (Å²) in [5.74, 6) is 5.72. The molecule has 0 saturated carbocycles. The molecule has 0 N–H and O–H groups in total. The highest BCUT2D eigenvalue weighted by molar-refractivity contribution is 5.93. The number of methoxy groups -OCH3 is 1. The summed E-state index contributed by atoms with van der Waals surface area (Å²) in [5.41, 5.74) is 4.06. The van der Waals surface area contributed by atoms with Crippen molar-refractivity contribution in [2.24, 2.45) is 0 Å². The highest BCUT2D eigenvalue weighted by Gasteiger charge is 2.09. The lowest BCUT2D eigenvalue weighted by Crippen LogP contribution is -2.02. The zero-order valence-electron chi connectivity index (χ0n) is 12.8. The molecule has 1 aromatic heterocycles. The predicted molar refractivity (Wildman–Crippen MR) is 88.0 cm³/mol. The van der Waals surface area contributed by atoms with E-state index in [0.29, 0.717) is 16.8 Å². The molecular weight excluding hydrogens is 288 g/mol. The second kappa shape index (κ2) is 6.29. The molecule has 23 heavy (non-hydrogen) atoms. The van der Waals surface area contributed by atoms with Crippen molar-refractivity contribution in [3.8, 4) is 11.8 Å². The Morgan fingerprint density at radius 3 is 2.52 bits per heavy atom. The monoisotopic (exact) mass is 302 g/mol. The summed E-state index contributed by atoms with van der Waals surface area (Å²) in [6.07, 6.45) is 0. The van der Waals surface area contributed by atoms with Gasteiger partial charge >= 0.3 is 5.97 Å². The molecule has 4 heteroatoms. The summed E-state index contributed by atoms with van der Waals surface area (Å²) in [6, 6.07) is 14.8. The lowest BCUT2D eigenvalue weighted by molar-refractivity contribution is 0.0601. The summed E-state index contributed by atoms with van der Waals surface area (Å²) in [5, 5.41) is 0. The molecule has 0 radical (unpaired) electrons. The fourth-order valence-electron chi connectivity index (χ4n) is 2.16. The smallest absolute Gasteiger partial charge is 0.337 e. The van der Waals surface area contributed by atoms with E-state index in [1.54, 1.807) is 18.2 Å². The van der Waals surface area contributed by atoms with Crippen LogP contribution in [0, 0.1) is 18.8 Å². The Bertz CT molecular complexity index is 938. The maximum atomic E-state index is 11.6. The molecule has 0 spiro atoms. The number of hydrogen-bond acceptors (Lipinski definition) is 4. The Morgan fingerprint density at radius 2 is 1.78 bits per heavy atom. The van der Waals surface area contributed by atoms with Gasteiger partial charge in [0.15, 0.2) is 0 Å². The number of nitrogens with zero attached hydrogens (tertiary/aromatic N) is 2. The minimum absolute atomic E-state index is 0.397. The Labute approximate surface area is 134 Å². The molecule has 0 atom stereocenters. The molecule has 1 heterocycles. The van der Waals surface area contributed by atoms with E-state index in [4.69, 9.17) is 4.74 Å². The summed E-state index contributed by atoms with van der Waals surface area (Å²) in [7, 11) is 1.35. The van der Waals surface area contributed by atoms with Crippen molar-refractivity contribution < 1.29 is 9.53 Å². The third kappa shape index (κ3) is 3.19. The van der Waals surface area contributed by atoms with Gasteiger partial charge in [-0.15, -0.1) is 0 Å². The lowest BCUT2D eigenvalue weighted by atomic mass is 10.1. The SMILES string of the molecule is COC(=O)c1ccc2nc(C)c(C#Cc3ccccc3)nc2c1. The Hall–Kier alpha value is -3.19. The highest BCUT2D eigenvalue weighted by Crippen LogP contribution is 2.15. The molecule has 0 aliphatic heterocycles. The zero-order valence-corrected chi connectivity index (χ0v) is 12.8. The molecule has 0 amide bonds. The first-order chi connectivity index (χ1) is 11.2. The topological polar surface area (TPSA) is 52.1 Å². The lowest BCUT2D eigenvalue weighted by Gasteiger charge is -2.03. The minimum atomic E-state index is -0.397. The first-order valence-corrected chi connectivity index (χ1v) is 7.11. The number of hydrogen-bond donors (Lipinski definition) is 0. The number of benzene rings is 2. The Balaban J connectivity index is 2.05. The van der Waals surface area contributed by atoms with Gasteiger partial charge in [-0.1, -0.05) is 24.1 Å². The average molecular weight is 302 g/mol. The number of aromatic nitrogens is 2. The third-order valence-electron chi connectivity index (χ3n) is 3.36. The maximum Gasteiger partial charge on any atom is 0.337 e. The molecule has 112 valence electrons. The molecule has 0 saturated heterocycles. The van der Waals surface area contributed by atoms with Gasteiger partial charge in [0.25, 0.3) is 0 Å². The van der Waals surface area contributed by atoms with Gasteiger partial charge in [0.2, 0.25) is 0 Å². The van der Waals surface area contributed by atoms with Gasteiger partial charge in [0.1, 0.15) is 5.69 Å². The number of fused-ring (bicyclic) bond motifs is 1. The summed E-state index contributed by atoms with van der Waals surface area (Å²) >= 11 is 0. The van der Waals surface area contributed by atoms with Crippen molar-refractivity contribution in [1.29, 1.82) is 0 Å². The molecule has 0 aliphatic carbocycles. The normalized spacial score (nSPS) is 10.0. The van der Waals surface area contributed by atoms with Crippen LogP contribution in [0.3, 0.4) is 0 Å². The molecule has 4 nitrogen and oxygen atoms in total. The number of aryl methyl sites for hydroxylation is 1. The summed E-state index contributed by atoms with van der Waals surface area (Å²) in [6.45, 7) is 1.87. The molecule has 3 rings (SSSR count). The van der Waals surface area contributed by atoms with Gasteiger partial charge in [0.05, 0.1) is 29.4 Å². The number of carbonyl (C=O) groups excluding carboxylic acids is 1. The second-order valence-corrected chi connectivity index (χ2v) is 4.97. The van der Waals surface area contributed by atoms with Crippen molar-refractivity contribution in [1.82, 2.24) is 9.97 Å². The average Bonchev–Trinajstić information content (AvgIpc) is 2.59. The maximum absolute atomic E-state index is 11.6. The molecule has 0 fully saturated rings. The fraction of sp³-hybridized carbons (Fsp3) is 0.105. The van der Waals surface area contributed by atoms with Crippen LogP contribution < -0.4 is 0 Å². The van der Waals surface area contributed by atoms with Crippen molar-refractivity contribution >= 4 is 17.0 Å². The van der Waals surface area contributed by atoms with Crippen molar-refractivity contribution in [3.05, 3.63) is 71.0 Å². The summed E-state index contributed by atoms with van der Waals surface area (Å²) < 4.78 is 4.73. The van der Waals surface area contributed by atoms with Gasteiger partial charge in [-0.25, -0.2) is 14.8 Å². The van der Waals surface area contributed by atoms with Crippen LogP contribution >= 0.6 is 0 Å². The first kappa shape index (κ1) is 14.7. The van der Waals surface area contributed by atoms with Crippen LogP contribution in [0.25, 0.3) is 11.0 Å². The van der Waals surface area contributed by atoms with Gasteiger partial charge in [-0.2, -0.15) is 0 Å². The predicted octanol–water partition coefficient (Wildman–Crippen LogP) is 3.12. The Kier molecular flexibility index (Phi) is 4.03. The highest BCUT2D eigenvalue weighted by atomic mass is 16.5. The zero-order chi connectivity index (χ0) is 16.2. The van der Waals surface area contributed by atoms with Gasteiger partial charge in [-0.05, 0) is 43.2 Å². The van der Waals surface area contributed by atoms with Gasteiger partial charge in [-0.3, -0.25) is 0 Å². The molecule has 3 aromatic rings. The van der Waals surface area contributed by atoms with Crippen LogP contribution in [0.2, 0.25) is 0 Å². The minimum Gasteiger partial charge on any atom is -0.465 e. The first-order valence-electron chi connectivity index (χ1n) is 7.11. The van der Waals surface area contributed by atoms with Crippen molar-refractivity contribution in [2.45, 2.75) is 6.92 Å². The molecule has 2 aromatic carbocycles. The van der Waals surface area contributed by atoms with Crippen LogP contribution in [0.4, 0.5) is 0 Å². The largest absolute Gasteiger partial charge is 0.465 e.